The van der Waals surface area contributed by atoms with E-state index < -0.39 is 0 Å². The lowest BCUT2D eigenvalue weighted by atomic mass is 10.2. The number of hydrogen-bond donors (Lipinski definition) is 1. The Hall–Kier alpha value is 0.280. The molecule has 0 amide bonds. The second-order valence-electron chi connectivity index (χ2n) is 3.04. The number of nitrogens with one attached hydrogen (secondary N) is 1. The number of hydrogen-bond acceptors (Lipinski definition) is 1. The van der Waals surface area contributed by atoms with E-state index in [4.69, 9.17) is 23.2 Å². The molecule has 0 aliphatic heterocycles. The van der Waals surface area contributed by atoms with Crippen LogP contribution in [0.3, 0.4) is 0 Å². The molecule has 0 unspecified atom stereocenters. The second kappa shape index (κ2) is 3.79. The van der Waals surface area contributed by atoms with Crippen LogP contribution < -0.4 is 5.32 Å². The van der Waals surface area contributed by atoms with Gasteiger partial charge in [-0.1, -0.05) is 30.1 Å². The summed E-state index contributed by atoms with van der Waals surface area (Å²) in [5.74, 6) is 0. The van der Waals surface area contributed by atoms with Crippen molar-refractivity contribution in [3.63, 3.8) is 0 Å². The summed E-state index contributed by atoms with van der Waals surface area (Å²) >= 11 is 11.1. The van der Waals surface area contributed by atoms with Crippen LogP contribution in [0.4, 0.5) is 0 Å². The minimum absolute atomic E-state index is 0.389. The molecule has 0 atom stereocenters. The van der Waals surface area contributed by atoms with Crippen molar-refractivity contribution in [1.29, 1.82) is 0 Å². The summed E-state index contributed by atoms with van der Waals surface area (Å²) in [6.45, 7) is 2.90. The average Bonchev–Trinajstić information content (AvgIpc) is 2.81. The van der Waals surface area contributed by atoms with Gasteiger partial charge in [0.1, 0.15) is 0 Å². The van der Waals surface area contributed by atoms with Crippen LogP contribution in [0.25, 0.3) is 0 Å². The van der Waals surface area contributed by atoms with E-state index in [1.54, 1.807) is 0 Å². The first kappa shape index (κ1) is 9.37. The van der Waals surface area contributed by atoms with Crippen LogP contribution >= 0.6 is 23.2 Å². The van der Waals surface area contributed by atoms with Gasteiger partial charge in [-0.3, -0.25) is 0 Å². The van der Waals surface area contributed by atoms with Gasteiger partial charge in [-0.2, -0.15) is 0 Å². The zero-order valence-electron chi connectivity index (χ0n) is 6.66. The molecule has 0 bridgehead atoms. The Bertz CT molecular complexity index is 161. The van der Waals surface area contributed by atoms with Crippen molar-refractivity contribution in [2.24, 2.45) is 0 Å². The fraction of sp³-hybridized carbons (Fsp3) is 0.750. The van der Waals surface area contributed by atoms with Crippen molar-refractivity contribution in [2.75, 3.05) is 6.54 Å². The first-order chi connectivity index (χ1) is 5.22. The van der Waals surface area contributed by atoms with E-state index in [9.17, 15) is 0 Å². The molecule has 0 saturated heterocycles. The maximum atomic E-state index is 5.72. The van der Waals surface area contributed by atoms with E-state index in [0.717, 1.165) is 0 Å². The minimum Gasteiger partial charge on any atom is -0.306 e. The van der Waals surface area contributed by atoms with Gasteiger partial charge in [-0.25, -0.2) is 0 Å². The molecule has 1 fully saturated rings. The van der Waals surface area contributed by atoms with Gasteiger partial charge in [0.25, 0.3) is 0 Å². The van der Waals surface area contributed by atoms with E-state index in [1.807, 2.05) is 0 Å². The summed E-state index contributed by atoms with van der Waals surface area (Å²) in [4.78, 5) is 0. The Balaban J connectivity index is 2.22. The summed E-state index contributed by atoms with van der Waals surface area (Å²) in [5.41, 5.74) is 1.81. The Morgan fingerprint density at radius 3 is 2.64 bits per heavy atom. The topological polar surface area (TPSA) is 12.0 Å². The zero-order valence-corrected chi connectivity index (χ0v) is 8.17. The Morgan fingerprint density at radius 1 is 1.64 bits per heavy atom. The molecule has 1 nitrogen and oxygen atoms in total. The monoisotopic (exact) mass is 193 g/mol. The molecule has 0 aromatic rings. The third-order valence-corrected chi connectivity index (χ3v) is 2.90. The predicted octanol–water partition coefficient (Wildman–Crippen LogP) is 2.84. The van der Waals surface area contributed by atoms with Crippen molar-refractivity contribution < 1.29 is 0 Å². The molecule has 1 aliphatic carbocycles. The largest absolute Gasteiger partial charge is 0.306 e. The molecule has 64 valence electrons. The van der Waals surface area contributed by atoms with Crippen molar-refractivity contribution in [3.8, 4) is 0 Å². The van der Waals surface area contributed by atoms with Crippen LogP contribution in [0, 0.1) is 0 Å². The molecule has 0 spiro atoms. The van der Waals surface area contributed by atoms with Gasteiger partial charge in [0.2, 0.25) is 0 Å². The molecule has 1 rings (SSSR count). The molecular formula is C8H13Cl2N. The van der Waals surface area contributed by atoms with Crippen LogP contribution in [-0.4, -0.2) is 12.1 Å². The van der Waals surface area contributed by atoms with Crippen LogP contribution in [0.15, 0.2) is 10.6 Å². The highest BCUT2D eigenvalue weighted by atomic mass is 35.5. The molecule has 11 heavy (non-hydrogen) atoms. The van der Waals surface area contributed by atoms with Crippen LogP contribution in [0.1, 0.15) is 26.2 Å². The Labute approximate surface area is 77.8 Å². The zero-order chi connectivity index (χ0) is 8.32. The van der Waals surface area contributed by atoms with Crippen molar-refractivity contribution in [3.05, 3.63) is 10.6 Å². The molecule has 1 N–H and O–H groups in total. The van der Waals surface area contributed by atoms with Gasteiger partial charge in [-0.05, 0) is 19.3 Å². The van der Waals surface area contributed by atoms with Gasteiger partial charge >= 0.3 is 0 Å². The quantitative estimate of drug-likeness (QED) is 0.725. The maximum absolute atomic E-state index is 5.72. The van der Waals surface area contributed by atoms with Gasteiger partial charge < -0.3 is 5.32 Å². The van der Waals surface area contributed by atoms with Crippen LogP contribution in [0.5, 0.6) is 0 Å². The molecular weight excluding hydrogens is 181 g/mol. The number of rotatable bonds is 4. The number of halogens is 2. The van der Waals surface area contributed by atoms with Gasteiger partial charge in [0.15, 0.2) is 0 Å². The lowest BCUT2D eigenvalue weighted by Crippen LogP contribution is -2.31. The Morgan fingerprint density at radius 2 is 2.27 bits per heavy atom. The molecule has 0 heterocycles. The molecule has 0 aromatic carbocycles. The van der Waals surface area contributed by atoms with Crippen molar-refractivity contribution in [1.82, 2.24) is 5.32 Å². The van der Waals surface area contributed by atoms with Gasteiger partial charge in [-0.15, -0.1) is 0 Å². The van der Waals surface area contributed by atoms with E-state index >= 15 is 0 Å². The smallest absolute Gasteiger partial charge is 0.0432 e. The van der Waals surface area contributed by atoms with Gasteiger partial charge in [0.05, 0.1) is 0 Å². The second-order valence-corrected chi connectivity index (χ2v) is 3.75. The highest BCUT2D eigenvalue weighted by Crippen LogP contribution is 2.38. The summed E-state index contributed by atoms with van der Waals surface area (Å²) in [6, 6.07) is 0. The standard InChI is InChI=1S/C8H13Cl2N/c1-2-8(3-4-8)11-6-7(10)5-9/h5,11H,2-4,6H2,1H3/b7-5-. The third-order valence-electron chi connectivity index (χ3n) is 2.28. The lowest BCUT2D eigenvalue weighted by Gasteiger charge is -2.13. The van der Waals surface area contributed by atoms with Gasteiger partial charge in [0, 0.05) is 22.7 Å². The Kier molecular flexibility index (Phi) is 3.23. The molecule has 0 radical (unpaired) electrons. The summed E-state index contributed by atoms with van der Waals surface area (Å²) in [7, 11) is 0. The average molecular weight is 194 g/mol. The minimum atomic E-state index is 0.389. The van der Waals surface area contributed by atoms with Crippen LogP contribution in [0.2, 0.25) is 0 Å². The third kappa shape index (κ3) is 2.66. The molecule has 1 saturated carbocycles. The summed E-state index contributed by atoms with van der Waals surface area (Å²) in [6.07, 6.45) is 3.73. The highest BCUT2D eigenvalue weighted by Gasteiger charge is 2.39. The maximum Gasteiger partial charge on any atom is 0.0432 e. The first-order valence-corrected chi connectivity index (χ1v) is 4.74. The van der Waals surface area contributed by atoms with E-state index in [2.05, 4.69) is 12.2 Å². The SMILES string of the molecule is CCC1(NC/C(Cl)=C/Cl)CC1. The molecule has 3 heteroatoms. The molecule has 1 aliphatic rings. The van der Waals surface area contributed by atoms with Crippen LogP contribution in [-0.2, 0) is 0 Å². The molecule has 0 aromatic heterocycles. The fourth-order valence-corrected chi connectivity index (χ4v) is 1.26. The normalized spacial score (nSPS) is 21.9. The predicted molar refractivity (Wildman–Crippen MR) is 50.0 cm³/mol. The van der Waals surface area contributed by atoms with E-state index in [0.29, 0.717) is 17.1 Å². The summed E-state index contributed by atoms with van der Waals surface area (Å²) < 4.78 is 0. The van der Waals surface area contributed by atoms with E-state index in [-0.39, 0.29) is 0 Å². The fourth-order valence-electron chi connectivity index (χ4n) is 1.12. The summed E-state index contributed by atoms with van der Waals surface area (Å²) in [5, 5.41) is 4.07. The van der Waals surface area contributed by atoms with Crippen molar-refractivity contribution >= 4 is 23.2 Å². The van der Waals surface area contributed by atoms with E-state index in [1.165, 1.54) is 24.8 Å². The van der Waals surface area contributed by atoms with Crippen molar-refractivity contribution in [2.45, 2.75) is 31.7 Å². The highest BCUT2D eigenvalue weighted by molar-refractivity contribution is 6.36. The lowest BCUT2D eigenvalue weighted by molar-refractivity contribution is 0.509. The first-order valence-electron chi connectivity index (χ1n) is 3.92.